The van der Waals surface area contributed by atoms with Crippen LogP contribution in [0.15, 0.2) is 17.2 Å². The minimum absolute atomic E-state index is 0.0831. The van der Waals surface area contributed by atoms with Crippen LogP contribution in [0.5, 0.6) is 0 Å². The molecule has 0 saturated carbocycles. The topological polar surface area (TPSA) is 50.3 Å². The second kappa shape index (κ2) is 7.59. The number of rotatable bonds is 7. The normalized spacial score (nSPS) is 12.3. The molecule has 1 aromatic heterocycles. The molecule has 0 saturated heterocycles. The van der Waals surface area contributed by atoms with Gasteiger partial charge in [-0.2, -0.15) is 4.31 Å². The van der Waals surface area contributed by atoms with Crippen molar-refractivity contribution in [3.05, 3.63) is 22.4 Å². The fourth-order valence-corrected chi connectivity index (χ4v) is 3.76. The van der Waals surface area contributed by atoms with Gasteiger partial charge in [0.25, 0.3) is 0 Å². The molecule has 0 fully saturated rings. The van der Waals surface area contributed by atoms with Gasteiger partial charge in [0.1, 0.15) is 10.0 Å². The van der Waals surface area contributed by atoms with Crippen LogP contribution in [0.4, 0.5) is 0 Å². The summed E-state index contributed by atoms with van der Waals surface area (Å²) in [7, 11) is -3.58. The third kappa shape index (κ3) is 4.07. The van der Waals surface area contributed by atoms with Gasteiger partial charge < -0.3 is 0 Å². The van der Waals surface area contributed by atoms with Gasteiger partial charge in [-0.1, -0.05) is 56.8 Å². The zero-order valence-electron chi connectivity index (χ0n) is 11.9. The zero-order chi connectivity index (χ0) is 15.3. The van der Waals surface area contributed by atoms with Gasteiger partial charge in [0, 0.05) is 19.3 Å². The Labute approximate surface area is 131 Å². The largest absolute Gasteiger partial charge is 0.244 e. The van der Waals surface area contributed by atoms with E-state index in [-0.39, 0.29) is 15.1 Å². The molecule has 0 unspecified atom stereocenters. The molecule has 0 spiro atoms. The molecule has 0 atom stereocenters. The number of sulfonamides is 1. The summed E-state index contributed by atoms with van der Waals surface area (Å²) < 4.78 is 26.6. The van der Waals surface area contributed by atoms with E-state index in [0.29, 0.717) is 19.0 Å². The zero-order valence-corrected chi connectivity index (χ0v) is 14.3. The van der Waals surface area contributed by atoms with Gasteiger partial charge in [0.2, 0.25) is 10.0 Å². The summed E-state index contributed by atoms with van der Waals surface area (Å²) in [6, 6.07) is 1.35. The van der Waals surface area contributed by atoms with Gasteiger partial charge in [-0.05, 0) is 12.0 Å². The Balaban J connectivity index is 3.08. The number of nitrogens with zero attached hydrogens (tertiary/aromatic N) is 2. The van der Waals surface area contributed by atoms with Gasteiger partial charge >= 0.3 is 0 Å². The molecular weight excluding hydrogens is 319 g/mol. The van der Waals surface area contributed by atoms with Crippen molar-refractivity contribution >= 4 is 33.2 Å². The van der Waals surface area contributed by atoms with Crippen molar-refractivity contribution in [2.75, 3.05) is 13.1 Å². The summed E-state index contributed by atoms with van der Waals surface area (Å²) in [6.45, 7) is 6.88. The van der Waals surface area contributed by atoms with Crippen molar-refractivity contribution in [2.45, 2.75) is 38.5 Å². The Morgan fingerprint density at radius 1 is 1.25 bits per heavy atom. The van der Waals surface area contributed by atoms with Crippen molar-refractivity contribution in [3.63, 3.8) is 0 Å². The van der Waals surface area contributed by atoms with Crippen LogP contribution in [0, 0.1) is 5.92 Å². The molecule has 0 bridgehead atoms. The summed E-state index contributed by atoms with van der Waals surface area (Å²) in [4.78, 5) is 3.89. The molecule has 1 aromatic rings. The van der Waals surface area contributed by atoms with E-state index in [2.05, 4.69) is 18.8 Å². The molecule has 20 heavy (non-hydrogen) atoms. The van der Waals surface area contributed by atoms with Crippen LogP contribution in [-0.4, -0.2) is 30.8 Å². The third-order valence-electron chi connectivity index (χ3n) is 3.38. The van der Waals surface area contributed by atoms with Crippen molar-refractivity contribution in [1.82, 2.24) is 9.29 Å². The molecular formula is C13H20Cl2N2O2S. The average molecular weight is 339 g/mol. The highest BCUT2D eigenvalue weighted by molar-refractivity contribution is 7.89. The van der Waals surface area contributed by atoms with Crippen molar-refractivity contribution in [2.24, 2.45) is 5.92 Å². The first-order chi connectivity index (χ1) is 9.36. The highest BCUT2D eigenvalue weighted by Crippen LogP contribution is 2.25. The van der Waals surface area contributed by atoms with E-state index in [0.717, 1.165) is 12.8 Å². The number of aromatic nitrogens is 1. The maximum atomic E-state index is 12.6. The van der Waals surface area contributed by atoms with Gasteiger partial charge in [-0.3, -0.25) is 0 Å². The lowest BCUT2D eigenvalue weighted by atomic mass is 10.0. The minimum atomic E-state index is -3.58. The summed E-state index contributed by atoms with van der Waals surface area (Å²) in [5.41, 5.74) is 0. The molecule has 0 aliphatic carbocycles. The van der Waals surface area contributed by atoms with Crippen LogP contribution in [0.3, 0.4) is 0 Å². The first-order valence-corrected chi connectivity index (χ1v) is 8.87. The number of hydrogen-bond acceptors (Lipinski definition) is 3. The molecule has 0 radical (unpaired) electrons. The molecule has 0 aliphatic heterocycles. The lowest BCUT2D eigenvalue weighted by Crippen LogP contribution is -2.35. The first-order valence-electron chi connectivity index (χ1n) is 6.67. The Kier molecular flexibility index (Phi) is 6.72. The highest BCUT2D eigenvalue weighted by Gasteiger charge is 2.26. The summed E-state index contributed by atoms with van der Waals surface area (Å²) in [5.74, 6) is 0.348. The van der Waals surface area contributed by atoms with E-state index in [1.807, 2.05) is 6.92 Å². The molecule has 114 valence electrons. The Hall–Kier alpha value is -0.360. The van der Waals surface area contributed by atoms with Crippen LogP contribution >= 0.6 is 23.2 Å². The van der Waals surface area contributed by atoms with Crippen LogP contribution in [0.1, 0.15) is 33.6 Å². The second-order valence-corrected chi connectivity index (χ2v) is 7.28. The second-order valence-electron chi connectivity index (χ2n) is 4.58. The highest BCUT2D eigenvalue weighted by atomic mass is 35.5. The van der Waals surface area contributed by atoms with Crippen molar-refractivity contribution < 1.29 is 8.42 Å². The van der Waals surface area contributed by atoms with Crippen LogP contribution in [-0.2, 0) is 10.0 Å². The fourth-order valence-electron chi connectivity index (χ4n) is 1.93. The summed E-state index contributed by atoms with van der Waals surface area (Å²) >= 11 is 11.6. The predicted molar refractivity (Wildman–Crippen MR) is 82.8 cm³/mol. The Morgan fingerprint density at radius 3 is 2.30 bits per heavy atom. The van der Waals surface area contributed by atoms with E-state index in [9.17, 15) is 8.42 Å². The van der Waals surface area contributed by atoms with Crippen LogP contribution < -0.4 is 0 Å². The van der Waals surface area contributed by atoms with E-state index in [1.54, 1.807) is 0 Å². The van der Waals surface area contributed by atoms with Gasteiger partial charge in [0.05, 0.1) is 5.02 Å². The van der Waals surface area contributed by atoms with Gasteiger partial charge in [0.15, 0.2) is 0 Å². The van der Waals surface area contributed by atoms with Gasteiger partial charge in [-0.15, -0.1) is 0 Å². The molecule has 0 amide bonds. The predicted octanol–water partition coefficient (Wildman–Crippen LogP) is 3.84. The molecule has 0 aromatic carbocycles. The van der Waals surface area contributed by atoms with Crippen LogP contribution in [0.2, 0.25) is 10.2 Å². The van der Waals surface area contributed by atoms with Crippen molar-refractivity contribution in [1.29, 1.82) is 0 Å². The SMILES string of the molecule is CCC(CC)CN(CC)S(=O)(=O)c1cnc(Cl)c(Cl)c1. The summed E-state index contributed by atoms with van der Waals surface area (Å²) in [5, 5.41) is 0.250. The number of halogens is 2. The number of pyridine rings is 1. The van der Waals surface area contributed by atoms with E-state index in [1.165, 1.54) is 16.6 Å². The molecule has 0 aliphatic rings. The average Bonchev–Trinajstić information content (AvgIpc) is 2.42. The lowest BCUT2D eigenvalue weighted by Gasteiger charge is -2.24. The monoisotopic (exact) mass is 338 g/mol. The molecule has 4 nitrogen and oxygen atoms in total. The molecule has 1 rings (SSSR count). The maximum absolute atomic E-state index is 12.6. The Bertz CT molecular complexity index is 545. The van der Waals surface area contributed by atoms with Crippen molar-refractivity contribution in [3.8, 4) is 0 Å². The molecule has 7 heteroatoms. The van der Waals surface area contributed by atoms with Crippen LogP contribution in [0.25, 0.3) is 0 Å². The van der Waals surface area contributed by atoms with E-state index in [4.69, 9.17) is 23.2 Å². The minimum Gasteiger partial charge on any atom is -0.242 e. The number of hydrogen-bond donors (Lipinski definition) is 0. The van der Waals surface area contributed by atoms with Gasteiger partial charge in [-0.25, -0.2) is 13.4 Å². The summed E-state index contributed by atoms with van der Waals surface area (Å²) in [6.07, 6.45) is 3.14. The fraction of sp³-hybridized carbons (Fsp3) is 0.615. The standard InChI is InChI=1S/C13H20Cl2N2O2S/c1-4-10(5-2)9-17(6-3)20(18,19)11-7-12(14)13(15)16-8-11/h7-8,10H,4-6,9H2,1-3H3. The third-order valence-corrected chi connectivity index (χ3v) is 5.97. The quantitative estimate of drug-likeness (QED) is 0.709. The Morgan fingerprint density at radius 2 is 1.85 bits per heavy atom. The molecule has 0 N–H and O–H groups in total. The maximum Gasteiger partial charge on any atom is 0.244 e. The smallest absolute Gasteiger partial charge is 0.242 e. The van der Waals surface area contributed by atoms with E-state index < -0.39 is 10.0 Å². The first kappa shape index (κ1) is 17.7. The van der Waals surface area contributed by atoms with E-state index >= 15 is 0 Å². The lowest BCUT2D eigenvalue weighted by molar-refractivity contribution is 0.339. The molecule has 1 heterocycles.